The van der Waals surface area contributed by atoms with Crippen LogP contribution in [0.5, 0.6) is 0 Å². The van der Waals surface area contributed by atoms with Gasteiger partial charge in [-0.3, -0.25) is 0 Å². The van der Waals surface area contributed by atoms with Crippen LogP contribution in [0.15, 0.2) is 10.2 Å². The Hall–Kier alpha value is -0.710. The van der Waals surface area contributed by atoms with Crippen molar-refractivity contribution < 1.29 is 0 Å². The van der Waals surface area contributed by atoms with Gasteiger partial charge in [-0.15, -0.1) is 5.10 Å². The molecular weight excluding hydrogens is 172 g/mol. The molecule has 0 amide bonds. The van der Waals surface area contributed by atoms with Crippen LogP contribution in [0.1, 0.15) is 19.3 Å². The van der Waals surface area contributed by atoms with Gasteiger partial charge in [0.1, 0.15) is 0 Å². The SMILES string of the molecule is CSC1(/C=N/N=C(N)N)CCC1. The molecule has 1 aliphatic carbocycles. The summed E-state index contributed by atoms with van der Waals surface area (Å²) < 4.78 is 0.207. The van der Waals surface area contributed by atoms with Gasteiger partial charge in [0, 0.05) is 6.21 Å². The first kappa shape index (κ1) is 9.38. The highest BCUT2D eigenvalue weighted by Crippen LogP contribution is 2.41. The van der Waals surface area contributed by atoms with E-state index in [1.54, 1.807) is 0 Å². The van der Waals surface area contributed by atoms with Crippen molar-refractivity contribution in [3.63, 3.8) is 0 Å². The number of hydrogen-bond acceptors (Lipinski definition) is 3. The van der Waals surface area contributed by atoms with Gasteiger partial charge in [0.15, 0.2) is 0 Å². The molecule has 68 valence electrons. The third-order valence-corrected chi connectivity index (χ3v) is 3.40. The lowest BCUT2D eigenvalue weighted by atomic mass is 9.85. The second-order valence-electron chi connectivity index (χ2n) is 2.89. The lowest BCUT2D eigenvalue weighted by Crippen LogP contribution is -2.34. The normalized spacial score (nSPS) is 20.4. The second-order valence-corrected chi connectivity index (χ2v) is 4.11. The fraction of sp³-hybridized carbons (Fsp3) is 0.714. The highest BCUT2D eigenvalue weighted by Gasteiger charge is 2.34. The molecule has 0 atom stereocenters. The van der Waals surface area contributed by atoms with Crippen LogP contribution in [0.25, 0.3) is 0 Å². The van der Waals surface area contributed by atoms with Gasteiger partial charge < -0.3 is 11.5 Å². The predicted octanol–water partition coefficient (Wildman–Crippen LogP) is 0.531. The Kier molecular flexibility index (Phi) is 2.97. The topological polar surface area (TPSA) is 76.8 Å². The average Bonchev–Trinajstić information content (AvgIpc) is 1.94. The molecule has 0 aliphatic heterocycles. The molecule has 4 nitrogen and oxygen atoms in total. The zero-order valence-corrected chi connectivity index (χ0v) is 7.97. The van der Waals surface area contributed by atoms with E-state index in [1.165, 1.54) is 19.3 Å². The molecule has 0 saturated heterocycles. The number of hydrogen-bond donors (Lipinski definition) is 2. The summed E-state index contributed by atoms with van der Waals surface area (Å²) in [5.74, 6) is 0.0156. The molecule has 1 fully saturated rings. The van der Waals surface area contributed by atoms with E-state index in [9.17, 15) is 0 Å². The summed E-state index contributed by atoms with van der Waals surface area (Å²) in [6, 6.07) is 0. The number of nitrogens with zero attached hydrogens (tertiary/aromatic N) is 2. The van der Waals surface area contributed by atoms with Crippen LogP contribution in [0.3, 0.4) is 0 Å². The molecule has 0 radical (unpaired) electrons. The number of rotatable bonds is 3. The summed E-state index contributed by atoms with van der Waals surface area (Å²) in [7, 11) is 0. The molecule has 4 N–H and O–H groups in total. The van der Waals surface area contributed by atoms with E-state index < -0.39 is 0 Å². The molecule has 0 heterocycles. The Morgan fingerprint density at radius 1 is 1.50 bits per heavy atom. The first-order chi connectivity index (χ1) is 5.68. The monoisotopic (exact) mass is 186 g/mol. The highest BCUT2D eigenvalue weighted by molar-refractivity contribution is 8.00. The van der Waals surface area contributed by atoms with E-state index in [0.717, 1.165) is 0 Å². The van der Waals surface area contributed by atoms with E-state index in [-0.39, 0.29) is 10.7 Å². The van der Waals surface area contributed by atoms with Gasteiger partial charge in [-0.05, 0) is 25.5 Å². The molecule has 0 spiro atoms. The highest BCUT2D eigenvalue weighted by atomic mass is 32.2. The van der Waals surface area contributed by atoms with E-state index in [4.69, 9.17) is 11.5 Å². The number of guanidine groups is 1. The van der Waals surface area contributed by atoms with Gasteiger partial charge >= 0.3 is 0 Å². The van der Waals surface area contributed by atoms with Gasteiger partial charge in [-0.2, -0.15) is 16.9 Å². The molecule has 1 aliphatic rings. The first-order valence-corrected chi connectivity index (χ1v) is 5.09. The molecule has 0 aromatic rings. The van der Waals surface area contributed by atoms with Crippen molar-refractivity contribution in [1.29, 1.82) is 0 Å². The van der Waals surface area contributed by atoms with Crippen LogP contribution >= 0.6 is 11.8 Å². The Balaban J connectivity index is 2.48. The Morgan fingerprint density at radius 3 is 2.50 bits per heavy atom. The first-order valence-electron chi connectivity index (χ1n) is 3.87. The molecule has 1 rings (SSSR count). The van der Waals surface area contributed by atoms with Crippen molar-refractivity contribution in [1.82, 2.24) is 0 Å². The minimum atomic E-state index is 0.0156. The van der Waals surface area contributed by atoms with E-state index in [1.807, 2.05) is 18.0 Å². The standard InChI is InChI=1S/C7H14N4S/c1-12-7(3-2-4-7)5-10-11-6(8)9/h5H,2-4H2,1H3,(H4,8,9,11)/b10-5+. The van der Waals surface area contributed by atoms with Gasteiger partial charge in [0.05, 0.1) is 4.75 Å². The second kappa shape index (κ2) is 3.80. The predicted molar refractivity (Wildman–Crippen MR) is 54.4 cm³/mol. The maximum atomic E-state index is 5.13. The van der Waals surface area contributed by atoms with Gasteiger partial charge in [0.2, 0.25) is 5.96 Å². The minimum Gasteiger partial charge on any atom is -0.369 e. The number of thioether (sulfide) groups is 1. The summed E-state index contributed by atoms with van der Waals surface area (Å²) in [6.45, 7) is 0. The van der Waals surface area contributed by atoms with Gasteiger partial charge in [-0.25, -0.2) is 0 Å². The minimum absolute atomic E-state index is 0.0156. The molecule has 0 bridgehead atoms. The molecule has 12 heavy (non-hydrogen) atoms. The third-order valence-electron chi connectivity index (χ3n) is 2.07. The van der Waals surface area contributed by atoms with Crippen LogP contribution in [0, 0.1) is 0 Å². The van der Waals surface area contributed by atoms with Crippen molar-refractivity contribution in [3.05, 3.63) is 0 Å². The van der Waals surface area contributed by atoms with E-state index in [2.05, 4.69) is 16.5 Å². The maximum absolute atomic E-state index is 5.13. The summed E-state index contributed by atoms with van der Waals surface area (Å²) in [5, 5.41) is 7.40. The zero-order valence-electron chi connectivity index (χ0n) is 7.16. The summed E-state index contributed by atoms with van der Waals surface area (Å²) in [5.41, 5.74) is 10.3. The lowest BCUT2D eigenvalue weighted by molar-refractivity contribution is 0.462. The smallest absolute Gasteiger partial charge is 0.211 e. The van der Waals surface area contributed by atoms with Crippen molar-refractivity contribution >= 4 is 23.9 Å². The van der Waals surface area contributed by atoms with Crippen LogP contribution in [-0.4, -0.2) is 23.2 Å². The maximum Gasteiger partial charge on any atom is 0.211 e. The third kappa shape index (κ3) is 2.14. The van der Waals surface area contributed by atoms with Crippen molar-refractivity contribution in [2.45, 2.75) is 24.0 Å². The van der Waals surface area contributed by atoms with Crippen LogP contribution < -0.4 is 11.5 Å². The van der Waals surface area contributed by atoms with Crippen molar-refractivity contribution in [2.75, 3.05) is 6.26 Å². The van der Waals surface area contributed by atoms with Gasteiger partial charge in [-0.1, -0.05) is 0 Å². The Morgan fingerprint density at radius 2 is 2.17 bits per heavy atom. The molecule has 5 heteroatoms. The molecule has 1 saturated carbocycles. The number of nitrogens with two attached hydrogens (primary N) is 2. The van der Waals surface area contributed by atoms with Crippen LogP contribution in [-0.2, 0) is 0 Å². The zero-order chi connectivity index (χ0) is 9.03. The van der Waals surface area contributed by atoms with Crippen LogP contribution in [0.2, 0.25) is 0 Å². The summed E-state index contributed by atoms with van der Waals surface area (Å²) >= 11 is 1.81. The summed E-state index contributed by atoms with van der Waals surface area (Å²) in [4.78, 5) is 0. The fourth-order valence-corrected chi connectivity index (χ4v) is 1.96. The fourth-order valence-electron chi connectivity index (χ4n) is 1.11. The average molecular weight is 186 g/mol. The lowest BCUT2D eigenvalue weighted by Gasteiger charge is -2.36. The largest absolute Gasteiger partial charge is 0.369 e. The Bertz CT molecular complexity index is 198. The van der Waals surface area contributed by atoms with Crippen molar-refractivity contribution in [2.24, 2.45) is 21.7 Å². The van der Waals surface area contributed by atoms with E-state index in [0.29, 0.717) is 0 Å². The molecular formula is C7H14N4S. The van der Waals surface area contributed by atoms with Crippen molar-refractivity contribution in [3.8, 4) is 0 Å². The van der Waals surface area contributed by atoms with Gasteiger partial charge in [0.25, 0.3) is 0 Å². The quantitative estimate of drug-likeness (QED) is 0.383. The summed E-state index contributed by atoms with van der Waals surface area (Å²) in [6.07, 6.45) is 7.56. The van der Waals surface area contributed by atoms with Crippen LogP contribution in [0.4, 0.5) is 0 Å². The molecule has 0 aromatic carbocycles. The Labute approximate surface area is 76.5 Å². The van der Waals surface area contributed by atoms with E-state index >= 15 is 0 Å². The molecule has 0 aromatic heterocycles. The molecule has 0 unspecified atom stereocenters.